The standard InChI is InChI=1S/C30H23BrN2O8/c1-13-9-22(34)26-20(27(13)35)12-19-17(24(26)14-10-21(31)28(36)23(11-14)41-2)7-8-18-25(19)30(38)32(29(18)37)15-3-5-16(6-4-15)33(39)40/h3-7,9-11,18-19,24-25,36H,8,12H2,1-2H3. The molecule has 1 N–H and O–H groups in total. The fourth-order valence-electron chi connectivity index (χ4n) is 6.66. The van der Waals surface area contributed by atoms with E-state index < -0.39 is 40.4 Å². The van der Waals surface area contributed by atoms with Crippen LogP contribution in [0.25, 0.3) is 0 Å². The molecule has 2 aromatic rings. The Morgan fingerprint density at radius 3 is 2.44 bits per heavy atom. The Kier molecular flexibility index (Phi) is 6.29. The number of phenolic OH excluding ortho intramolecular Hbond substituents is 1. The van der Waals surface area contributed by atoms with E-state index in [0.717, 1.165) is 10.5 Å². The Morgan fingerprint density at radius 2 is 1.78 bits per heavy atom. The number of carbonyl (C=O) groups is 4. The maximum Gasteiger partial charge on any atom is 0.269 e. The third-order valence-corrected chi connectivity index (χ3v) is 9.09. The van der Waals surface area contributed by atoms with Crippen LogP contribution in [-0.2, 0) is 19.2 Å². The number of ketones is 2. The Bertz CT molecular complexity index is 1690. The molecule has 11 heteroatoms. The number of hydrogen-bond acceptors (Lipinski definition) is 8. The van der Waals surface area contributed by atoms with Crippen LogP contribution in [0.5, 0.6) is 11.5 Å². The number of imide groups is 1. The number of aromatic hydroxyl groups is 1. The molecular formula is C30H23BrN2O8. The van der Waals surface area contributed by atoms with Gasteiger partial charge >= 0.3 is 0 Å². The zero-order chi connectivity index (χ0) is 29.3. The molecule has 41 heavy (non-hydrogen) atoms. The second-order valence-corrected chi connectivity index (χ2v) is 11.4. The lowest BCUT2D eigenvalue weighted by molar-refractivity contribution is -0.384. The maximum absolute atomic E-state index is 13.9. The molecule has 4 aliphatic rings. The number of methoxy groups -OCH3 is 1. The maximum atomic E-state index is 13.9. The van der Waals surface area contributed by atoms with Crippen molar-refractivity contribution in [2.75, 3.05) is 12.0 Å². The highest BCUT2D eigenvalue weighted by atomic mass is 79.9. The molecule has 2 aromatic carbocycles. The molecule has 0 radical (unpaired) electrons. The van der Waals surface area contributed by atoms with Crippen LogP contribution in [0.2, 0.25) is 0 Å². The first-order chi connectivity index (χ1) is 19.5. The zero-order valence-corrected chi connectivity index (χ0v) is 23.5. The predicted molar refractivity (Wildman–Crippen MR) is 149 cm³/mol. The summed E-state index contributed by atoms with van der Waals surface area (Å²) in [6, 6.07) is 8.51. The van der Waals surface area contributed by atoms with Gasteiger partial charge in [0.2, 0.25) is 11.8 Å². The van der Waals surface area contributed by atoms with Gasteiger partial charge in [-0.15, -0.1) is 0 Å². The molecule has 0 saturated carbocycles. The van der Waals surface area contributed by atoms with E-state index in [9.17, 15) is 34.4 Å². The summed E-state index contributed by atoms with van der Waals surface area (Å²) in [5.41, 5.74) is 2.37. The molecule has 0 spiro atoms. The Labute approximate surface area is 242 Å². The number of nitrogens with zero attached hydrogens (tertiary/aromatic N) is 2. The second-order valence-electron chi connectivity index (χ2n) is 10.6. The van der Waals surface area contributed by atoms with E-state index in [1.807, 2.05) is 6.08 Å². The number of amides is 2. The number of halogens is 1. The zero-order valence-electron chi connectivity index (χ0n) is 21.9. The summed E-state index contributed by atoms with van der Waals surface area (Å²) in [4.78, 5) is 66.0. The Morgan fingerprint density at radius 1 is 1.07 bits per heavy atom. The van der Waals surface area contributed by atoms with Gasteiger partial charge < -0.3 is 9.84 Å². The van der Waals surface area contributed by atoms with Crippen molar-refractivity contribution in [3.05, 3.63) is 91.0 Å². The third kappa shape index (κ3) is 3.98. The number of non-ortho nitro benzene ring substituents is 1. The van der Waals surface area contributed by atoms with Gasteiger partial charge in [-0.1, -0.05) is 11.6 Å². The molecule has 1 heterocycles. The highest BCUT2D eigenvalue weighted by Crippen LogP contribution is 2.56. The summed E-state index contributed by atoms with van der Waals surface area (Å²) in [7, 11) is 1.40. The van der Waals surface area contributed by atoms with E-state index in [2.05, 4.69) is 15.9 Å². The minimum absolute atomic E-state index is 0.118. The van der Waals surface area contributed by atoms with Gasteiger partial charge in [-0.2, -0.15) is 0 Å². The van der Waals surface area contributed by atoms with Crippen LogP contribution >= 0.6 is 15.9 Å². The summed E-state index contributed by atoms with van der Waals surface area (Å²) in [6.07, 6.45) is 3.59. The lowest BCUT2D eigenvalue weighted by Crippen LogP contribution is -2.39. The van der Waals surface area contributed by atoms with Crippen LogP contribution in [0.3, 0.4) is 0 Å². The number of fused-ring (bicyclic) bond motifs is 3. The lowest BCUT2D eigenvalue weighted by atomic mass is 9.59. The molecule has 1 fully saturated rings. The average Bonchev–Trinajstić information content (AvgIpc) is 3.21. The van der Waals surface area contributed by atoms with Crippen molar-refractivity contribution in [3.63, 3.8) is 0 Å². The molecular weight excluding hydrogens is 596 g/mol. The molecule has 1 saturated heterocycles. The number of allylic oxidation sites excluding steroid dienone is 6. The highest BCUT2D eigenvalue weighted by molar-refractivity contribution is 9.10. The number of anilines is 1. The number of hydrogen-bond donors (Lipinski definition) is 1. The van der Waals surface area contributed by atoms with Gasteiger partial charge in [0.25, 0.3) is 5.69 Å². The van der Waals surface area contributed by atoms with E-state index in [-0.39, 0.29) is 47.3 Å². The van der Waals surface area contributed by atoms with Crippen molar-refractivity contribution >= 4 is 50.7 Å². The number of benzene rings is 2. The fourth-order valence-corrected chi connectivity index (χ4v) is 7.12. The normalized spacial score (nSPS) is 25.4. The summed E-state index contributed by atoms with van der Waals surface area (Å²) in [6.45, 7) is 1.58. The predicted octanol–water partition coefficient (Wildman–Crippen LogP) is 4.71. The third-order valence-electron chi connectivity index (χ3n) is 8.48. The van der Waals surface area contributed by atoms with Crippen LogP contribution in [0.15, 0.2) is 75.3 Å². The van der Waals surface area contributed by atoms with Gasteiger partial charge in [0, 0.05) is 34.8 Å². The molecule has 208 valence electrons. The lowest BCUT2D eigenvalue weighted by Gasteiger charge is -2.42. The highest BCUT2D eigenvalue weighted by Gasteiger charge is 2.56. The average molecular weight is 619 g/mol. The topological polar surface area (TPSA) is 144 Å². The minimum Gasteiger partial charge on any atom is -0.503 e. The first-order valence-electron chi connectivity index (χ1n) is 12.9. The minimum atomic E-state index is -0.786. The van der Waals surface area contributed by atoms with Gasteiger partial charge in [-0.3, -0.25) is 34.2 Å². The summed E-state index contributed by atoms with van der Waals surface area (Å²) in [5, 5.41) is 21.5. The summed E-state index contributed by atoms with van der Waals surface area (Å²) < 4.78 is 5.69. The van der Waals surface area contributed by atoms with E-state index in [0.29, 0.717) is 26.8 Å². The Hall–Kier alpha value is -4.38. The molecule has 6 rings (SSSR count). The van der Waals surface area contributed by atoms with Crippen LogP contribution in [0.4, 0.5) is 11.4 Å². The smallest absolute Gasteiger partial charge is 0.269 e. The van der Waals surface area contributed by atoms with Crippen LogP contribution in [-0.4, -0.2) is 40.5 Å². The van der Waals surface area contributed by atoms with Gasteiger partial charge in [-0.05, 0) is 77.5 Å². The van der Waals surface area contributed by atoms with Crippen LogP contribution in [0.1, 0.15) is 31.2 Å². The number of nitro groups is 1. The first kappa shape index (κ1) is 26.8. The molecule has 4 atom stereocenters. The molecule has 0 bridgehead atoms. The number of ether oxygens (including phenoxy) is 1. The van der Waals surface area contributed by atoms with Crippen molar-refractivity contribution in [2.24, 2.45) is 17.8 Å². The van der Waals surface area contributed by atoms with Gasteiger partial charge in [0.15, 0.2) is 23.1 Å². The van der Waals surface area contributed by atoms with Crippen molar-refractivity contribution in [1.29, 1.82) is 0 Å². The summed E-state index contributed by atoms with van der Waals surface area (Å²) >= 11 is 3.35. The SMILES string of the molecule is COc1cc(C2C3=CCC4C(=O)N(c5ccc([N+](=O)[O-])cc5)C(=O)C4C3CC3=C2C(=O)C=C(C)C3=O)cc(Br)c1O. The van der Waals surface area contributed by atoms with Crippen LogP contribution in [0, 0.1) is 27.9 Å². The van der Waals surface area contributed by atoms with E-state index in [1.54, 1.807) is 19.1 Å². The molecule has 4 unspecified atom stereocenters. The van der Waals surface area contributed by atoms with E-state index in [1.165, 1.54) is 37.5 Å². The quantitative estimate of drug-likeness (QED) is 0.171. The number of Topliss-reactive ketones (excluding diaryl/α,β-unsaturated/α-hetero) is 1. The number of carbonyl (C=O) groups excluding carboxylic acids is 4. The number of rotatable bonds is 4. The van der Waals surface area contributed by atoms with Gasteiger partial charge in [0.05, 0.1) is 34.0 Å². The van der Waals surface area contributed by atoms with Gasteiger partial charge in [-0.25, -0.2) is 0 Å². The molecule has 2 amide bonds. The fraction of sp³-hybridized carbons (Fsp3) is 0.267. The number of phenols is 1. The second kappa shape index (κ2) is 9.62. The number of nitro benzene ring substituents is 1. The molecule has 1 aliphatic heterocycles. The van der Waals surface area contributed by atoms with Crippen molar-refractivity contribution in [2.45, 2.75) is 25.7 Å². The van der Waals surface area contributed by atoms with Gasteiger partial charge in [0.1, 0.15) is 0 Å². The summed E-state index contributed by atoms with van der Waals surface area (Å²) in [5.74, 6) is -4.08. The monoisotopic (exact) mass is 618 g/mol. The molecule has 0 aromatic heterocycles. The first-order valence-corrected chi connectivity index (χ1v) is 13.7. The van der Waals surface area contributed by atoms with Crippen molar-refractivity contribution in [3.8, 4) is 11.5 Å². The molecule has 10 nitrogen and oxygen atoms in total. The Balaban J connectivity index is 1.48. The molecule has 3 aliphatic carbocycles. The largest absolute Gasteiger partial charge is 0.503 e. The van der Waals surface area contributed by atoms with E-state index >= 15 is 0 Å². The van der Waals surface area contributed by atoms with Crippen molar-refractivity contribution in [1.82, 2.24) is 0 Å². The van der Waals surface area contributed by atoms with Crippen molar-refractivity contribution < 1.29 is 33.9 Å². The van der Waals surface area contributed by atoms with E-state index in [4.69, 9.17) is 4.74 Å². The van der Waals surface area contributed by atoms with Crippen LogP contribution < -0.4 is 9.64 Å².